The van der Waals surface area contributed by atoms with Crippen LogP contribution >= 0.6 is 0 Å². The molecular formula is C55H105NO6. The number of esters is 1. The second-order valence-corrected chi connectivity index (χ2v) is 20.9. The standard InChI is InChI=1S/C55H105NO6/c1-8-13-15-17-19-21-23-25-27-28-30-31-33-35-37-39-41-43-50(57)59-47-54(12-5)48-60-55(61-49-54)45-52(6,10-3)56(53(7,11-4)46-55)62-51(58)44-42-40-38-36-34-32-29-26-24-22-20-18-16-14-9-2/h8-49H2,1-7H3. The van der Waals surface area contributed by atoms with Crippen molar-refractivity contribution < 1.29 is 28.6 Å². The minimum atomic E-state index is -0.761. The Morgan fingerprint density at radius 1 is 0.435 bits per heavy atom. The average molecular weight is 876 g/mol. The molecule has 0 amide bonds. The van der Waals surface area contributed by atoms with Gasteiger partial charge in [-0.2, -0.15) is 0 Å². The first kappa shape index (κ1) is 56.9. The van der Waals surface area contributed by atoms with Gasteiger partial charge >= 0.3 is 11.9 Å². The van der Waals surface area contributed by atoms with Gasteiger partial charge in [-0.25, -0.2) is 0 Å². The lowest BCUT2D eigenvalue weighted by Crippen LogP contribution is -2.70. The summed E-state index contributed by atoms with van der Waals surface area (Å²) in [6.07, 6.45) is 46.9. The molecule has 366 valence electrons. The van der Waals surface area contributed by atoms with Crippen molar-refractivity contribution >= 4 is 11.9 Å². The maximum atomic E-state index is 13.3. The molecule has 0 saturated carbocycles. The van der Waals surface area contributed by atoms with E-state index in [4.69, 9.17) is 19.0 Å². The fourth-order valence-electron chi connectivity index (χ4n) is 10.1. The Morgan fingerprint density at radius 2 is 0.742 bits per heavy atom. The van der Waals surface area contributed by atoms with E-state index in [1.165, 1.54) is 180 Å². The fourth-order valence-corrected chi connectivity index (χ4v) is 10.1. The van der Waals surface area contributed by atoms with Crippen LogP contribution in [0.15, 0.2) is 0 Å². The molecule has 7 nitrogen and oxygen atoms in total. The van der Waals surface area contributed by atoms with Gasteiger partial charge in [-0.1, -0.05) is 227 Å². The van der Waals surface area contributed by atoms with Gasteiger partial charge < -0.3 is 19.0 Å². The highest BCUT2D eigenvalue weighted by atomic mass is 16.7. The van der Waals surface area contributed by atoms with E-state index in [-0.39, 0.29) is 17.4 Å². The van der Waals surface area contributed by atoms with Crippen LogP contribution in [-0.2, 0) is 28.6 Å². The molecule has 2 saturated heterocycles. The zero-order chi connectivity index (χ0) is 45.3. The number of rotatable bonds is 40. The quantitative estimate of drug-likeness (QED) is 0.0448. The summed E-state index contributed by atoms with van der Waals surface area (Å²) in [6, 6.07) is 0. The van der Waals surface area contributed by atoms with Crippen molar-refractivity contribution in [2.24, 2.45) is 5.41 Å². The Kier molecular flexibility index (Phi) is 31.4. The zero-order valence-electron chi connectivity index (χ0n) is 42.6. The first-order valence-corrected chi connectivity index (χ1v) is 27.5. The summed E-state index contributed by atoms with van der Waals surface area (Å²) in [5.41, 5.74) is -1.21. The van der Waals surface area contributed by atoms with Crippen molar-refractivity contribution in [3.8, 4) is 0 Å². The first-order valence-electron chi connectivity index (χ1n) is 27.5. The van der Waals surface area contributed by atoms with E-state index in [1.807, 2.05) is 5.06 Å². The van der Waals surface area contributed by atoms with E-state index in [0.29, 0.717) is 45.5 Å². The van der Waals surface area contributed by atoms with Crippen molar-refractivity contribution in [1.82, 2.24) is 5.06 Å². The van der Waals surface area contributed by atoms with Gasteiger partial charge in [0.25, 0.3) is 0 Å². The highest BCUT2D eigenvalue weighted by molar-refractivity contribution is 5.69. The molecule has 0 radical (unpaired) electrons. The summed E-state index contributed by atoms with van der Waals surface area (Å²) in [7, 11) is 0. The predicted molar refractivity (Wildman–Crippen MR) is 261 cm³/mol. The molecular weight excluding hydrogens is 771 g/mol. The number of hydrogen-bond donors (Lipinski definition) is 0. The molecule has 2 unspecified atom stereocenters. The van der Waals surface area contributed by atoms with Gasteiger partial charge in [-0.05, 0) is 46.0 Å². The molecule has 0 aliphatic carbocycles. The minimum absolute atomic E-state index is 0.101. The van der Waals surface area contributed by atoms with Crippen LogP contribution in [0.2, 0.25) is 0 Å². The maximum absolute atomic E-state index is 13.3. The van der Waals surface area contributed by atoms with E-state index in [2.05, 4.69) is 48.5 Å². The number of ether oxygens (including phenoxy) is 3. The van der Waals surface area contributed by atoms with E-state index in [0.717, 1.165) is 44.9 Å². The molecule has 2 atom stereocenters. The molecule has 2 rings (SSSR count). The van der Waals surface area contributed by atoms with E-state index >= 15 is 0 Å². The monoisotopic (exact) mass is 876 g/mol. The van der Waals surface area contributed by atoms with Crippen LogP contribution in [-0.4, -0.2) is 53.7 Å². The lowest BCUT2D eigenvalue weighted by atomic mass is 9.73. The summed E-state index contributed by atoms with van der Waals surface area (Å²) < 4.78 is 19.4. The number of unbranched alkanes of at least 4 members (excludes halogenated alkanes) is 30. The maximum Gasteiger partial charge on any atom is 0.325 e. The van der Waals surface area contributed by atoms with Crippen molar-refractivity contribution in [3.05, 3.63) is 0 Å². The highest BCUT2D eigenvalue weighted by Gasteiger charge is 2.60. The Bertz CT molecular complexity index is 1080. The molecule has 2 fully saturated rings. The van der Waals surface area contributed by atoms with Gasteiger partial charge in [-0.3, -0.25) is 9.59 Å². The Hall–Kier alpha value is -1.18. The second kappa shape index (κ2) is 34.2. The van der Waals surface area contributed by atoms with Gasteiger partial charge in [0, 0.05) is 25.7 Å². The number of piperidine rings is 1. The number of nitrogens with zero attached hydrogens (tertiary/aromatic N) is 1. The van der Waals surface area contributed by atoms with Crippen LogP contribution in [0.1, 0.15) is 299 Å². The third-order valence-corrected chi connectivity index (χ3v) is 15.0. The van der Waals surface area contributed by atoms with Crippen LogP contribution < -0.4 is 0 Å². The number of hydrogen-bond acceptors (Lipinski definition) is 7. The summed E-state index contributed by atoms with van der Waals surface area (Å²) >= 11 is 0. The molecule has 0 N–H and O–H groups in total. The molecule has 2 aliphatic heterocycles. The van der Waals surface area contributed by atoms with Crippen molar-refractivity contribution in [2.45, 2.75) is 316 Å². The van der Waals surface area contributed by atoms with E-state index in [1.54, 1.807) is 0 Å². The molecule has 0 aromatic carbocycles. The van der Waals surface area contributed by atoms with E-state index < -0.39 is 16.9 Å². The third-order valence-electron chi connectivity index (χ3n) is 15.0. The van der Waals surface area contributed by atoms with Crippen LogP contribution in [0.25, 0.3) is 0 Å². The van der Waals surface area contributed by atoms with Crippen molar-refractivity contribution in [1.29, 1.82) is 0 Å². The van der Waals surface area contributed by atoms with Crippen molar-refractivity contribution in [3.63, 3.8) is 0 Å². The van der Waals surface area contributed by atoms with Crippen LogP contribution in [0, 0.1) is 5.41 Å². The second-order valence-electron chi connectivity index (χ2n) is 20.9. The Labute approximate surface area is 385 Å². The van der Waals surface area contributed by atoms with Gasteiger partial charge in [-0.15, -0.1) is 5.06 Å². The number of hydroxylamine groups is 2. The smallest absolute Gasteiger partial charge is 0.325 e. The van der Waals surface area contributed by atoms with Gasteiger partial charge in [0.15, 0.2) is 5.79 Å². The third kappa shape index (κ3) is 23.3. The molecule has 1 spiro atoms. The van der Waals surface area contributed by atoms with E-state index in [9.17, 15) is 9.59 Å². The summed E-state index contributed by atoms with van der Waals surface area (Å²) in [5.74, 6) is -0.986. The summed E-state index contributed by atoms with van der Waals surface area (Å²) in [6.45, 7) is 16.8. The molecule has 7 heteroatoms. The largest absolute Gasteiger partial charge is 0.465 e. The number of carbonyl (C=O) groups is 2. The van der Waals surface area contributed by atoms with Crippen LogP contribution in [0.4, 0.5) is 0 Å². The van der Waals surface area contributed by atoms with Gasteiger partial charge in [0.05, 0.1) is 29.7 Å². The summed E-state index contributed by atoms with van der Waals surface area (Å²) in [5, 5.41) is 2.02. The Balaban J connectivity index is 1.63. The molecule has 2 heterocycles. The molecule has 0 aromatic rings. The average Bonchev–Trinajstić information content (AvgIpc) is 3.27. The highest BCUT2D eigenvalue weighted by Crippen LogP contribution is 2.51. The molecule has 0 aromatic heterocycles. The molecule has 0 bridgehead atoms. The van der Waals surface area contributed by atoms with Gasteiger partial charge in [0.2, 0.25) is 0 Å². The van der Waals surface area contributed by atoms with Crippen molar-refractivity contribution in [2.75, 3.05) is 19.8 Å². The van der Waals surface area contributed by atoms with Gasteiger partial charge in [0.1, 0.15) is 6.61 Å². The molecule has 2 aliphatic rings. The van der Waals surface area contributed by atoms with Crippen LogP contribution in [0.3, 0.4) is 0 Å². The normalized spacial score (nSPS) is 24.2. The SMILES string of the molecule is CCCCCCCCCCCCCCCCCCCC(=O)OCC1(CC)COC2(CC(C)(CC)N(OC(=O)CCCCCCCCCCCCCCCCC)C(C)(CC)C2)OC1. The predicted octanol–water partition coefficient (Wildman–Crippen LogP) is 16.9. The minimum Gasteiger partial charge on any atom is -0.465 e. The number of carbonyl (C=O) groups excluding carboxylic acids is 2. The fraction of sp³-hybridized carbons (Fsp3) is 0.964. The zero-order valence-corrected chi connectivity index (χ0v) is 42.6. The molecule has 62 heavy (non-hydrogen) atoms. The lowest BCUT2D eigenvalue weighted by molar-refractivity contribution is -0.381. The topological polar surface area (TPSA) is 74.3 Å². The summed E-state index contributed by atoms with van der Waals surface area (Å²) in [4.78, 5) is 32.4. The lowest BCUT2D eigenvalue weighted by Gasteiger charge is -2.60. The first-order chi connectivity index (χ1) is 30.1. The van der Waals surface area contributed by atoms with Crippen LogP contribution in [0.5, 0.6) is 0 Å². The Morgan fingerprint density at radius 3 is 1.05 bits per heavy atom.